The van der Waals surface area contributed by atoms with E-state index < -0.39 is 0 Å². The van der Waals surface area contributed by atoms with E-state index in [2.05, 4.69) is 21.6 Å². The second-order valence-electron chi connectivity index (χ2n) is 6.55. The fourth-order valence-electron chi connectivity index (χ4n) is 3.37. The van der Waals surface area contributed by atoms with Crippen LogP contribution in [0.5, 0.6) is 11.6 Å². The molecule has 0 bridgehead atoms. The summed E-state index contributed by atoms with van der Waals surface area (Å²) in [5.74, 6) is 1.26. The Morgan fingerprint density at radius 1 is 1.04 bits per heavy atom. The van der Waals surface area contributed by atoms with Gasteiger partial charge in [-0.15, -0.1) is 5.10 Å². The van der Waals surface area contributed by atoms with Gasteiger partial charge < -0.3 is 10.1 Å². The van der Waals surface area contributed by atoms with E-state index in [-0.39, 0.29) is 11.7 Å². The van der Waals surface area contributed by atoms with Crippen molar-refractivity contribution in [3.63, 3.8) is 0 Å². The van der Waals surface area contributed by atoms with E-state index >= 15 is 0 Å². The molecule has 4 rings (SSSR count). The first-order valence-corrected chi connectivity index (χ1v) is 8.76. The molecule has 0 radical (unpaired) electrons. The number of aryl methyl sites for hydroxylation is 1. The summed E-state index contributed by atoms with van der Waals surface area (Å²) in [6.07, 6.45) is 0.974. The van der Waals surface area contributed by atoms with Crippen molar-refractivity contribution in [1.82, 2.24) is 15.5 Å². The molecule has 5 heteroatoms. The molecule has 0 amide bonds. The van der Waals surface area contributed by atoms with Gasteiger partial charge in [0.15, 0.2) is 0 Å². The fraction of sp³-hybridized carbons (Fsp3) is 0.238. The van der Waals surface area contributed by atoms with E-state index in [1.807, 2.05) is 43.3 Å². The first-order chi connectivity index (χ1) is 12.7. The van der Waals surface area contributed by atoms with Crippen molar-refractivity contribution < 1.29 is 9.13 Å². The molecule has 4 nitrogen and oxygen atoms in total. The highest BCUT2D eigenvalue weighted by molar-refractivity contribution is 5.43. The highest BCUT2D eigenvalue weighted by atomic mass is 19.1. The molecule has 1 N–H and O–H groups in total. The summed E-state index contributed by atoms with van der Waals surface area (Å²) in [6, 6.07) is 16.6. The zero-order valence-corrected chi connectivity index (χ0v) is 14.6. The first kappa shape index (κ1) is 16.7. The molecule has 3 aromatic rings. The molecular weight excluding hydrogens is 329 g/mol. The van der Waals surface area contributed by atoms with Crippen LogP contribution < -0.4 is 10.1 Å². The van der Waals surface area contributed by atoms with Crippen LogP contribution in [0.25, 0.3) is 0 Å². The summed E-state index contributed by atoms with van der Waals surface area (Å²) in [7, 11) is 0. The Hall–Kier alpha value is -2.79. The quantitative estimate of drug-likeness (QED) is 0.764. The Labute approximate surface area is 152 Å². The lowest BCUT2D eigenvalue weighted by molar-refractivity contribution is 0.453. The topological polar surface area (TPSA) is 47.0 Å². The highest BCUT2D eigenvalue weighted by Crippen LogP contribution is 2.34. The summed E-state index contributed by atoms with van der Waals surface area (Å²) in [5, 5.41) is 11.5. The van der Waals surface area contributed by atoms with Gasteiger partial charge in [-0.2, -0.15) is 5.10 Å². The van der Waals surface area contributed by atoms with Crippen LogP contribution in [0.4, 0.5) is 4.39 Å². The Morgan fingerprint density at radius 3 is 2.65 bits per heavy atom. The predicted molar refractivity (Wildman–Crippen MR) is 97.9 cm³/mol. The van der Waals surface area contributed by atoms with Crippen LogP contribution in [0.1, 0.15) is 34.7 Å². The highest BCUT2D eigenvalue weighted by Gasteiger charge is 2.21. The van der Waals surface area contributed by atoms with Gasteiger partial charge in [-0.1, -0.05) is 18.2 Å². The number of rotatable bonds is 3. The number of nitrogens with one attached hydrogen (secondary N) is 1. The Morgan fingerprint density at radius 2 is 1.88 bits per heavy atom. The zero-order valence-electron chi connectivity index (χ0n) is 14.6. The van der Waals surface area contributed by atoms with Gasteiger partial charge in [0, 0.05) is 18.5 Å². The Bertz CT molecular complexity index is 894. The van der Waals surface area contributed by atoms with Gasteiger partial charge in [0.05, 0.1) is 5.69 Å². The number of halogens is 1. The summed E-state index contributed by atoms with van der Waals surface area (Å²) in [6.45, 7) is 3.58. The van der Waals surface area contributed by atoms with Gasteiger partial charge in [-0.3, -0.25) is 0 Å². The van der Waals surface area contributed by atoms with E-state index in [4.69, 9.17) is 4.74 Å². The second-order valence-corrected chi connectivity index (χ2v) is 6.55. The summed E-state index contributed by atoms with van der Waals surface area (Å²) in [5.41, 5.74) is 4.43. The minimum absolute atomic E-state index is 0.205. The van der Waals surface area contributed by atoms with Crippen LogP contribution in [-0.2, 0) is 6.54 Å². The minimum Gasteiger partial charge on any atom is -0.438 e. The van der Waals surface area contributed by atoms with E-state index in [1.165, 1.54) is 23.3 Å². The molecular formula is C21H20FN3O. The molecule has 0 fully saturated rings. The molecule has 1 aliphatic rings. The van der Waals surface area contributed by atoms with Crippen LogP contribution in [-0.4, -0.2) is 16.7 Å². The molecule has 0 saturated carbocycles. The molecule has 1 aromatic heterocycles. The average molecular weight is 349 g/mol. The van der Waals surface area contributed by atoms with Crippen molar-refractivity contribution in [3.8, 4) is 11.6 Å². The maximum absolute atomic E-state index is 13.3. The van der Waals surface area contributed by atoms with Gasteiger partial charge in [0.2, 0.25) is 5.88 Å². The predicted octanol–water partition coefficient (Wildman–Crippen LogP) is 4.34. The molecule has 0 aliphatic carbocycles. The standard InChI is InChI=1S/C21H20FN3O/c1-14-2-9-21(25-24-14)26-18-7-8-19-16(12-18)13-23-11-10-20(19)15-3-5-17(22)6-4-15/h2-9,12,20,23H,10-11,13H2,1H3. The van der Waals surface area contributed by atoms with Crippen LogP contribution in [0.2, 0.25) is 0 Å². The number of hydrogen-bond donors (Lipinski definition) is 1. The van der Waals surface area contributed by atoms with Crippen LogP contribution in [0.3, 0.4) is 0 Å². The summed E-state index contributed by atoms with van der Waals surface area (Å²) in [4.78, 5) is 0. The van der Waals surface area contributed by atoms with Crippen molar-refractivity contribution in [3.05, 3.63) is 82.8 Å². The SMILES string of the molecule is Cc1ccc(Oc2ccc3c(c2)CNCCC3c2ccc(F)cc2)nn1. The molecule has 1 atom stereocenters. The third kappa shape index (κ3) is 3.58. The number of ether oxygens (including phenoxy) is 1. The van der Waals surface area contributed by atoms with Crippen molar-refractivity contribution >= 4 is 0 Å². The molecule has 1 unspecified atom stereocenters. The Balaban J connectivity index is 1.64. The Kier molecular flexibility index (Phi) is 4.63. The lowest BCUT2D eigenvalue weighted by Gasteiger charge is -2.18. The monoisotopic (exact) mass is 349 g/mol. The van der Waals surface area contributed by atoms with Gasteiger partial charge in [0.25, 0.3) is 0 Å². The minimum atomic E-state index is -0.205. The van der Waals surface area contributed by atoms with E-state index in [0.29, 0.717) is 5.88 Å². The van der Waals surface area contributed by atoms with Gasteiger partial charge in [-0.25, -0.2) is 4.39 Å². The van der Waals surface area contributed by atoms with Crippen LogP contribution in [0.15, 0.2) is 54.6 Å². The van der Waals surface area contributed by atoms with Gasteiger partial charge >= 0.3 is 0 Å². The number of hydrogen-bond acceptors (Lipinski definition) is 4. The average Bonchev–Trinajstić information content (AvgIpc) is 2.86. The number of aromatic nitrogens is 2. The maximum atomic E-state index is 13.3. The lowest BCUT2D eigenvalue weighted by Crippen LogP contribution is -2.12. The third-order valence-corrected chi connectivity index (χ3v) is 4.68. The van der Waals surface area contributed by atoms with Crippen molar-refractivity contribution in [2.24, 2.45) is 0 Å². The van der Waals surface area contributed by atoms with E-state index in [1.54, 1.807) is 0 Å². The van der Waals surface area contributed by atoms with Crippen molar-refractivity contribution in [1.29, 1.82) is 0 Å². The third-order valence-electron chi connectivity index (χ3n) is 4.68. The largest absolute Gasteiger partial charge is 0.438 e. The molecule has 0 spiro atoms. The molecule has 1 aliphatic heterocycles. The number of nitrogens with zero attached hydrogens (tertiary/aromatic N) is 2. The van der Waals surface area contributed by atoms with E-state index in [9.17, 15) is 4.39 Å². The zero-order chi connectivity index (χ0) is 17.9. The van der Waals surface area contributed by atoms with Crippen molar-refractivity contribution in [2.45, 2.75) is 25.8 Å². The summed E-state index contributed by atoms with van der Waals surface area (Å²) < 4.78 is 19.1. The maximum Gasteiger partial charge on any atom is 0.238 e. The summed E-state index contributed by atoms with van der Waals surface area (Å²) >= 11 is 0. The fourth-order valence-corrected chi connectivity index (χ4v) is 3.37. The van der Waals surface area contributed by atoms with Crippen LogP contribution >= 0.6 is 0 Å². The smallest absolute Gasteiger partial charge is 0.238 e. The molecule has 2 aromatic carbocycles. The normalized spacial score (nSPS) is 16.6. The van der Waals surface area contributed by atoms with E-state index in [0.717, 1.165) is 36.5 Å². The second kappa shape index (κ2) is 7.22. The van der Waals surface area contributed by atoms with Gasteiger partial charge in [0.1, 0.15) is 11.6 Å². The number of benzene rings is 2. The molecule has 132 valence electrons. The molecule has 0 saturated heterocycles. The molecule has 2 heterocycles. The van der Waals surface area contributed by atoms with Gasteiger partial charge in [-0.05, 0) is 66.9 Å². The van der Waals surface area contributed by atoms with Crippen LogP contribution in [0, 0.1) is 12.7 Å². The first-order valence-electron chi connectivity index (χ1n) is 8.76. The number of fused-ring (bicyclic) bond motifs is 1. The van der Waals surface area contributed by atoms with Crippen molar-refractivity contribution in [2.75, 3.05) is 6.54 Å². The molecule has 26 heavy (non-hydrogen) atoms. The lowest BCUT2D eigenvalue weighted by atomic mass is 9.86.